The van der Waals surface area contributed by atoms with Gasteiger partial charge in [-0.05, 0) is 0 Å². The fourth-order valence-electron chi connectivity index (χ4n) is 0. The molecule has 0 radical (unpaired) electrons. The molecule has 10 heavy (non-hydrogen) atoms. The zero-order valence-electron chi connectivity index (χ0n) is 4.86. The van der Waals surface area contributed by atoms with Gasteiger partial charge in [-0.15, -0.1) is 0 Å². The van der Waals surface area contributed by atoms with Crippen LogP contribution in [0, 0.1) is 10.1 Å². The van der Waals surface area contributed by atoms with Crippen LogP contribution in [0.25, 0.3) is 0 Å². The van der Waals surface area contributed by atoms with Crippen LogP contribution in [0.3, 0.4) is 0 Å². The van der Waals surface area contributed by atoms with Crippen molar-refractivity contribution in [2.45, 2.75) is 0 Å². The van der Waals surface area contributed by atoms with Gasteiger partial charge in [-0.1, -0.05) is 0 Å². The molecule has 0 aromatic carbocycles. The molecular formula is H10ClCoN6O2+2. The third kappa shape index (κ3) is 3.92. The molecule has 8 nitrogen and oxygen atoms in total. The van der Waals surface area contributed by atoms with Gasteiger partial charge in [0, 0.05) is 0 Å². The minimum atomic E-state index is -5.58. The molecule has 0 rings (SSSR count). The van der Waals surface area contributed by atoms with Crippen LogP contribution >= 0.6 is 0 Å². The molecule has 0 aliphatic rings. The zero-order chi connectivity index (χ0) is 7.99. The van der Waals surface area contributed by atoms with E-state index in [0.717, 1.165) is 0 Å². The second-order valence-corrected chi connectivity index (χ2v) is 6.93. The molecule has 0 atom stereocenters. The Morgan fingerprint density at radius 2 is 1.20 bits per heavy atom. The molecule has 0 unspecified atom stereocenters. The summed E-state index contributed by atoms with van der Waals surface area (Å²) in [5, 5.41) is 9.91. The molecule has 0 saturated carbocycles. The summed E-state index contributed by atoms with van der Waals surface area (Å²) in [6.45, 7) is 0. The second kappa shape index (κ2) is 1.78. The Morgan fingerprint density at radius 3 is 1.20 bits per heavy atom. The van der Waals surface area contributed by atoms with Crippen molar-refractivity contribution in [1.82, 2.24) is 0 Å². The van der Waals surface area contributed by atoms with Crippen molar-refractivity contribution in [2.24, 2.45) is 23.9 Å². The van der Waals surface area contributed by atoms with E-state index >= 15 is 0 Å². The summed E-state index contributed by atoms with van der Waals surface area (Å²) in [6, 6.07) is 0. The molecular weight excluding hydrogens is 210 g/mol. The van der Waals surface area contributed by atoms with Gasteiger partial charge in [0.05, 0.1) is 0 Å². The zero-order valence-corrected chi connectivity index (χ0v) is 6.66. The van der Waals surface area contributed by atoms with Crippen LogP contribution in [-0.4, -0.2) is 3.97 Å². The number of nitrogens with two attached hydrogens (primary N) is 5. The topological polar surface area (TPSA) is 173 Å². The maximum atomic E-state index is 9.91. The van der Waals surface area contributed by atoms with E-state index in [1.165, 1.54) is 0 Å². The number of nitro groups is 1. The third-order valence-electron chi connectivity index (χ3n) is 0.351. The predicted octanol–water partition coefficient (Wildman–Crippen LogP) is -6.22. The fourth-order valence-corrected chi connectivity index (χ4v) is 0. The van der Waals surface area contributed by atoms with Crippen LogP contribution in [0.2, 0.25) is 0 Å². The molecule has 0 saturated heterocycles. The molecule has 0 bridgehead atoms. The van der Waals surface area contributed by atoms with Gasteiger partial charge in [0.25, 0.3) is 0 Å². The Morgan fingerprint density at radius 1 is 1.10 bits per heavy atom. The Balaban J connectivity index is 0. The summed E-state index contributed by atoms with van der Waals surface area (Å²) in [7, 11) is 0. The molecule has 0 aliphatic carbocycles. The van der Waals surface area contributed by atoms with E-state index in [0.29, 0.717) is 0 Å². The van der Waals surface area contributed by atoms with Crippen LogP contribution in [-0.2, 0) is 11.8 Å². The molecule has 0 aromatic rings. The average molecular weight is 221 g/mol. The molecule has 0 amide bonds. The van der Waals surface area contributed by atoms with Crippen LogP contribution in [0.5, 0.6) is 0 Å². The van der Waals surface area contributed by atoms with Crippen molar-refractivity contribution < 1.29 is 28.2 Å². The normalized spacial score (nSPS) is 18.1. The maximum absolute atomic E-state index is 9.91. The van der Waals surface area contributed by atoms with Gasteiger partial charge in [0.1, 0.15) is 0 Å². The van der Waals surface area contributed by atoms with E-state index in [4.69, 9.17) is 23.9 Å². The molecule has 10 heteroatoms. The van der Waals surface area contributed by atoms with Crippen molar-refractivity contribution >= 4 is 0 Å². The van der Waals surface area contributed by atoms with Gasteiger partial charge in [-0.25, -0.2) is 0 Å². The molecule has 10 N–H and O–H groups in total. The first kappa shape index (κ1) is 12.7. The van der Waals surface area contributed by atoms with Crippen molar-refractivity contribution in [2.75, 3.05) is 0 Å². The first-order valence-corrected chi connectivity index (χ1v) is 4.95. The van der Waals surface area contributed by atoms with Gasteiger partial charge < -0.3 is 12.4 Å². The average Bonchev–Trinajstić information content (AvgIpc) is 1.24. The second-order valence-electron chi connectivity index (χ2n) is 1.74. The van der Waals surface area contributed by atoms with E-state index < -0.39 is 15.8 Å². The molecule has 66 valence electrons. The monoisotopic (exact) mass is 220 g/mol. The van der Waals surface area contributed by atoms with Gasteiger partial charge >= 0.3 is 49.8 Å². The van der Waals surface area contributed by atoms with E-state index in [1.807, 2.05) is 0 Å². The summed E-state index contributed by atoms with van der Waals surface area (Å²) in [4.78, 5) is 33.5. The first-order chi connectivity index (χ1) is 3.43. The minimum absolute atomic E-state index is 0. The van der Waals surface area contributed by atoms with Crippen molar-refractivity contribution in [3.05, 3.63) is 10.1 Å². The Labute approximate surface area is 62.8 Å². The number of rotatable bonds is 1. The molecule has 0 aliphatic heterocycles. The quantitative estimate of drug-likeness (QED) is 0.216. The Hall–Kier alpha value is -0.00351. The van der Waals surface area contributed by atoms with Crippen LogP contribution < -0.4 is 36.3 Å². The third-order valence-corrected chi connectivity index (χ3v) is 1.45. The fraction of sp³-hybridized carbons (Fsp3) is 0. The number of hydrogen-bond acceptors (Lipinski definition) is 7. The standard InChI is InChI=1S/ClH.Co.NO2.5H2N/c;;2-1-3;;;;;/h1H;;;5*1H2/q;+8;;5*-1/p-1. The first-order valence-electron chi connectivity index (χ1n) is 1.48. The molecule has 0 aromatic heterocycles. The van der Waals surface area contributed by atoms with E-state index in [9.17, 15) is 10.1 Å². The summed E-state index contributed by atoms with van der Waals surface area (Å²) in [5.74, 6) is 0. The SMILES string of the molecule is [Cl-].[NH2][Co+3]([NH2])([NH2])([NH2])([NH2])[N+](=O)[O-]. The van der Waals surface area contributed by atoms with Crippen LogP contribution in [0.4, 0.5) is 0 Å². The molecule has 0 fully saturated rings. The van der Waals surface area contributed by atoms with Crippen LogP contribution in [0.15, 0.2) is 0 Å². The molecule has 0 spiro atoms. The summed E-state index contributed by atoms with van der Waals surface area (Å²) < 4.78 is -1.25. The predicted molar refractivity (Wildman–Crippen MR) is 27.9 cm³/mol. The number of hydrogen-bond donors (Lipinski definition) is 5. The van der Waals surface area contributed by atoms with Crippen molar-refractivity contribution in [3.63, 3.8) is 0 Å². The Kier molecular flexibility index (Phi) is 2.25. The van der Waals surface area contributed by atoms with Gasteiger partial charge in [-0.3, -0.25) is 0 Å². The summed E-state index contributed by atoms with van der Waals surface area (Å²) in [5.41, 5.74) is 0. The summed E-state index contributed by atoms with van der Waals surface area (Å²) >= 11 is -5.58. The van der Waals surface area contributed by atoms with Gasteiger partial charge in [0.15, 0.2) is 0 Å². The van der Waals surface area contributed by atoms with Gasteiger partial charge in [0.2, 0.25) is 0 Å². The van der Waals surface area contributed by atoms with Gasteiger partial charge in [-0.2, -0.15) is 0 Å². The number of nitrogens with zero attached hydrogens (tertiary/aromatic N) is 1. The van der Waals surface area contributed by atoms with E-state index in [1.54, 1.807) is 0 Å². The number of halogens is 1. The van der Waals surface area contributed by atoms with E-state index in [-0.39, 0.29) is 12.4 Å². The van der Waals surface area contributed by atoms with Crippen molar-refractivity contribution in [3.8, 4) is 0 Å². The van der Waals surface area contributed by atoms with Crippen LogP contribution in [0.1, 0.15) is 0 Å². The van der Waals surface area contributed by atoms with E-state index in [2.05, 4.69) is 0 Å². The Bertz CT molecular complexity index is 151. The van der Waals surface area contributed by atoms with Crippen molar-refractivity contribution in [1.29, 1.82) is 0 Å². The molecule has 0 heterocycles. The summed E-state index contributed by atoms with van der Waals surface area (Å²) in [6.07, 6.45) is 0.